The van der Waals surface area contributed by atoms with E-state index in [9.17, 15) is 14.4 Å². The minimum atomic E-state index is -0.762. The lowest BCUT2D eigenvalue weighted by Gasteiger charge is -2.18. The maximum absolute atomic E-state index is 12.7. The largest absolute Gasteiger partial charge is 0.462 e. The van der Waals surface area contributed by atoms with Crippen molar-refractivity contribution in [1.29, 1.82) is 0 Å². The van der Waals surface area contributed by atoms with E-state index in [1.54, 1.807) is 0 Å². The van der Waals surface area contributed by atoms with Crippen molar-refractivity contribution >= 4 is 17.9 Å². The van der Waals surface area contributed by atoms with Crippen LogP contribution in [0.15, 0.2) is 0 Å². The normalized spacial score (nSPS) is 12.5. The standard InChI is InChI=1S/C50H96O6/c1-6-8-9-10-11-12-13-14-15-16-17-21-24-30-35-40-48(51)54-43-47(56-50(53)42-37-32-27-26-29-34-39-46(5)7-2)44-55-49(52)41-36-31-25-22-19-18-20-23-28-33-38-45(3)4/h45-47H,6-44H2,1-5H3/t46?,47-/m1/s1. The first kappa shape index (κ1) is 54.4. The Balaban J connectivity index is 4.30. The van der Waals surface area contributed by atoms with Crippen LogP contribution in [-0.4, -0.2) is 37.2 Å². The van der Waals surface area contributed by atoms with E-state index >= 15 is 0 Å². The van der Waals surface area contributed by atoms with Crippen LogP contribution in [0.25, 0.3) is 0 Å². The minimum Gasteiger partial charge on any atom is -0.462 e. The maximum atomic E-state index is 12.7. The topological polar surface area (TPSA) is 78.9 Å². The van der Waals surface area contributed by atoms with Gasteiger partial charge in [0.2, 0.25) is 0 Å². The summed E-state index contributed by atoms with van der Waals surface area (Å²) in [6.45, 7) is 11.3. The monoisotopic (exact) mass is 793 g/mol. The predicted molar refractivity (Wildman–Crippen MR) is 238 cm³/mol. The van der Waals surface area contributed by atoms with Crippen molar-refractivity contribution in [2.24, 2.45) is 11.8 Å². The summed E-state index contributed by atoms with van der Waals surface area (Å²) in [4.78, 5) is 37.8. The Morgan fingerprint density at radius 1 is 0.375 bits per heavy atom. The van der Waals surface area contributed by atoms with Gasteiger partial charge in [0, 0.05) is 19.3 Å². The summed E-state index contributed by atoms with van der Waals surface area (Å²) in [6, 6.07) is 0. The smallest absolute Gasteiger partial charge is 0.306 e. The molecule has 0 rings (SSSR count). The minimum absolute atomic E-state index is 0.0650. The molecule has 0 aromatic rings. The maximum Gasteiger partial charge on any atom is 0.306 e. The van der Waals surface area contributed by atoms with Crippen LogP contribution < -0.4 is 0 Å². The van der Waals surface area contributed by atoms with Gasteiger partial charge < -0.3 is 14.2 Å². The van der Waals surface area contributed by atoms with Crippen LogP contribution in [0.3, 0.4) is 0 Å². The average Bonchev–Trinajstić information content (AvgIpc) is 3.18. The molecule has 0 spiro atoms. The molecule has 0 saturated heterocycles. The number of esters is 3. The molecule has 0 aromatic heterocycles. The Hall–Kier alpha value is -1.59. The van der Waals surface area contributed by atoms with Crippen molar-refractivity contribution in [3.8, 4) is 0 Å². The van der Waals surface area contributed by atoms with Gasteiger partial charge in [-0.3, -0.25) is 14.4 Å². The molecule has 0 radical (unpaired) electrons. The van der Waals surface area contributed by atoms with E-state index < -0.39 is 6.10 Å². The van der Waals surface area contributed by atoms with Crippen LogP contribution in [0, 0.1) is 11.8 Å². The molecule has 6 nitrogen and oxygen atoms in total. The molecule has 0 aliphatic rings. The Morgan fingerprint density at radius 3 is 1.02 bits per heavy atom. The molecule has 56 heavy (non-hydrogen) atoms. The summed E-state index contributed by atoms with van der Waals surface area (Å²) in [5.41, 5.74) is 0. The van der Waals surface area contributed by atoms with Gasteiger partial charge in [0.05, 0.1) is 0 Å². The van der Waals surface area contributed by atoms with Gasteiger partial charge >= 0.3 is 17.9 Å². The van der Waals surface area contributed by atoms with Gasteiger partial charge in [-0.15, -0.1) is 0 Å². The van der Waals surface area contributed by atoms with E-state index in [0.717, 1.165) is 69.6 Å². The molecule has 0 aliphatic heterocycles. The van der Waals surface area contributed by atoms with Crippen LogP contribution in [0.2, 0.25) is 0 Å². The summed E-state index contributed by atoms with van der Waals surface area (Å²) in [5, 5.41) is 0. The highest BCUT2D eigenvalue weighted by Crippen LogP contribution is 2.17. The summed E-state index contributed by atoms with van der Waals surface area (Å²) >= 11 is 0. The molecule has 0 aliphatic carbocycles. The molecule has 1 unspecified atom stereocenters. The van der Waals surface area contributed by atoms with Gasteiger partial charge in [-0.05, 0) is 31.1 Å². The molecule has 0 bridgehead atoms. The molecule has 2 atom stereocenters. The van der Waals surface area contributed by atoms with Crippen molar-refractivity contribution < 1.29 is 28.6 Å². The number of carbonyl (C=O) groups excluding carboxylic acids is 3. The van der Waals surface area contributed by atoms with Crippen molar-refractivity contribution in [3.63, 3.8) is 0 Å². The fourth-order valence-corrected chi connectivity index (χ4v) is 7.43. The van der Waals surface area contributed by atoms with Gasteiger partial charge in [0.1, 0.15) is 13.2 Å². The third-order valence-corrected chi connectivity index (χ3v) is 11.6. The molecule has 0 N–H and O–H groups in total. The fraction of sp³-hybridized carbons (Fsp3) is 0.940. The summed E-state index contributed by atoms with van der Waals surface area (Å²) in [5.74, 6) is 0.773. The van der Waals surface area contributed by atoms with Crippen LogP contribution in [0.4, 0.5) is 0 Å². The van der Waals surface area contributed by atoms with Gasteiger partial charge in [0.15, 0.2) is 6.10 Å². The van der Waals surface area contributed by atoms with Gasteiger partial charge in [-0.2, -0.15) is 0 Å². The molecule has 6 heteroatoms. The summed E-state index contributed by atoms with van der Waals surface area (Å²) in [6.07, 6.45) is 42.3. The second-order valence-corrected chi connectivity index (χ2v) is 17.8. The van der Waals surface area contributed by atoms with Crippen molar-refractivity contribution in [2.75, 3.05) is 13.2 Å². The summed E-state index contributed by atoms with van der Waals surface area (Å²) in [7, 11) is 0. The zero-order chi connectivity index (χ0) is 41.2. The Morgan fingerprint density at radius 2 is 0.679 bits per heavy atom. The van der Waals surface area contributed by atoms with Crippen LogP contribution in [-0.2, 0) is 28.6 Å². The first-order chi connectivity index (χ1) is 27.3. The van der Waals surface area contributed by atoms with E-state index in [2.05, 4.69) is 34.6 Å². The highest BCUT2D eigenvalue weighted by molar-refractivity contribution is 5.71. The number of hydrogen-bond donors (Lipinski definition) is 0. The van der Waals surface area contributed by atoms with Crippen LogP contribution >= 0.6 is 0 Å². The zero-order valence-corrected chi connectivity index (χ0v) is 38.3. The average molecular weight is 793 g/mol. The molecular formula is C50H96O6. The highest BCUT2D eigenvalue weighted by atomic mass is 16.6. The Bertz CT molecular complexity index is 856. The van der Waals surface area contributed by atoms with Gasteiger partial charge in [-0.1, -0.05) is 234 Å². The first-order valence-electron chi connectivity index (χ1n) is 24.8. The van der Waals surface area contributed by atoms with E-state index in [4.69, 9.17) is 14.2 Å². The number of carbonyl (C=O) groups is 3. The molecule has 0 heterocycles. The van der Waals surface area contributed by atoms with E-state index in [1.807, 2.05) is 0 Å². The van der Waals surface area contributed by atoms with Crippen molar-refractivity contribution in [3.05, 3.63) is 0 Å². The Kier molecular flexibility index (Phi) is 41.8. The van der Waals surface area contributed by atoms with E-state index in [0.29, 0.717) is 19.3 Å². The SMILES string of the molecule is CCCCCCCCCCCCCCCCCC(=O)OC[C@H](COC(=O)CCCCCCCCCCCCC(C)C)OC(=O)CCCCCCCCC(C)CC. The zero-order valence-electron chi connectivity index (χ0n) is 38.3. The van der Waals surface area contributed by atoms with Crippen molar-refractivity contribution in [1.82, 2.24) is 0 Å². The third kappa shape index (κ3) is 42.0. The van der Waals surface area contributed by atoms with Gasteiger partial charge in [0.25, 0.3) is 0 Å². The lowest BCUT2D eigenvalue weighted by Crippen LogP contribution is -2.30. The second kappa shape index (κ2) is 43.0. The number of hydrogen-bond acceptors (Lipinski definition) is 6. The molecule has 332 valence electrons. The van der Waals surface area contributed by atoms with Crippen molar-refractivity contribution in [2.45, 2.75) is 278 Å². The Labute approximate surface area is 348 Å². The third-order valence-electron chi connectivity index (χ3n) is 11.6. The highest BCUT2D eigenvalue weighted by Gasteiger charge is 2.19. The first-order valence-corrected chi connectivity index (χ1v) is 24.8. The molecule has 0 fully saturated rings. The van der Waals surface area contributed by atoms with Crippen LogP contribution in [0.1, 0.15) is 272 Å². The molecule has 0 saturated carbocycles. The predicted octanol–water partition coefficient (Wildman–Crippen LogP) is 15.8. The number of rotatable bonds is 44. The molecule has 0 aromatic carbocycles. The summed E-state index contributed by atoms with van der Waals surface area (Å²) < 4.78 is 16.8. The molecular weight excluding hydrogens is 697 g/mol. The van der Waals surface area contributed by atoms with E-state index in [1.165, 1.54) is 161 Å². The lowest BCUT2D eigenvalue weighted by molar-refractivity contribution is -0.167. The lowest BCUT2D eigenvalue weighted by atomic mass is 10.00. The number of ether oxygens (including phenoxy) is 3. The van der Waals surface area contributed by atoms with Gasteiger partial charge in [-0.25, -0.2) is 0 Å². The number of unbranched alkanes of at least 4 members (excludes halogenated alkanes) is 28. The fourth-order valence-electron chi connectivity index (χ4n) is 7.43. The second-order valence-electron chi connectivity index (χ2n) is 17.8. The van der Waals surface area contributed by atoms with E-state index in [-0.39, 0.29) is 31.1 Å². The molecule has 0 amide bonds. The quantitative estimate of drug-likeness (QED) is 0.0347. The van der Waals surface area contributed by atoms with Crippen LogP contribution in [0.5, 0.6) is 0 Å².